The highest BCUT2D eigenvalue weighted by Crippen LogP contribution is 2.19. The Labute approximate surface area is 78.7 Å². The molecule has 0 saturated heterocycles. The lowest BCUT2D eigenvalue weighted by molar-refractivity contribution is 0.324. The molecular weight excluding hydrogens is 174 g/mol. The van der Waals surface area contributed by atoms with Crippen molar-refractivity contribution < 1.29 is 0 Å². The maximum atomic E-state index is 2.46. The van der Waals surface area contributed by atoms with Gasteiger partial charge in [0.05, 0.1) is 0 Å². The van der Waals surface area contributed by atoms with Crippen LogP contribution in [0.1, 0.15) is 20.8 Å². The molecule has 68 valence electrons. The summed E-state index contributed by atoms with van der Waals surface area (Å²) in [6.07, 6.45) is 0. The summed E-state index contributed by atoms with van der Waals surface area (Å²) in [4.78, 5) is 2.46. The number of nitrogens with zero attached hydrogens (tertiary/aromatic N) is 1. The maximum Gasteiger partial charge on any atom is 0.0165 e. The van der Waals surface area contributed by atoms with Gasteiger partial charge in [-0.15, -0.1) is 0 Å². The van der Waals surface area contributed by atoms with Crippen LogP contribution in [0, 0.1) is 0 Å². The minimum absolute atomic E-state index is 1.19. The molecule has 0 aliphatic rings. The molecule has 0 aliphatic heterocycles. The van der Waals surface area contributed by atoms with Crippen LogP contribution >= 0.6 is 21.6 Å². The van der Waals surface area contributed by atoms with Crippen LogP contribution in [0.5, 0.6) is 0 Å². The molecule has 0 rings (SSSR count). The van der Waals surface area contributed by atoms with Gasteiger partial charge in [0.2, 0.25) is 0 Å². The molecule has 0 bridgehead atoms. The van der Waals surface area contributed by atoms with Gasteiger partial charge in [0.1, 0.15) is 0 Å². The molecule has 0 aromatic rings. The number of hydrogen-bond donors (Lipinski definition) is 0. The smallest absolute Gasteiger partial charge is 0.0165 e. The first-order valence-electron chi connectivity index (χ1n) is 4.31. The summed E-state index contributed by atoms with van der Waals surface area (Å²) < 4.78 is 0. The first-order valence-corrected chi connectivity index (χ1v) is 6.80. The maximum absolute atomic E-state index is 2.46. The minimum atomic E-state index is 1.19. The van der Waals surface area contributed by atoms with E-state index in [1.807, 2.05) is 21.6 Å². The minimum Gasteiger partial charge on any atom is -0.303 e. The van der Waals surface area contributed by atoms with Gasteiger partial charge >= 0.3 is 0 Å². The number of hydrogen-bond acceptors (Lipinski definition) is 3. The van der Waals surface area contributed by atoms with Crippen molar-refractivity contribution in [2.24, 2.45) is 0 Å². The summed E-state index contributed by atoms with van der Waals surface area (Å²) in [5, 5.41) is 0. The fraction of sp³-hybridized carbons (Fsp3) is 1.00. The standard InChI is InChI=1S/C8H19NS2/c1-4-9(5-2)7-8-11-10-6-3/h4-8H2,1-3H3. The lowest BCUT2D eigenvalue weighted by Crippen LogP contribution is -2.25. The lowest BCUT2D eigenvalue weighted by Gasteiger charge is -2.16. The summed E-state index contributed by atoms with van der Waals surface area (Å²) in [7, 11) is 3.95. The Morgan fingerprint density at radius 2 is 1.64 bits per heavy atom. The van der Waals surface area contributed by atoms with Crippen molar-refractivity contribution in [2.45, 2.75) is 20.8 Å². The normalized spacial score (nSPS) is 10.9. The van der Waals surface area contributed by atoms with Gasteiger partial charge in [0.25, 0.3) is 0 Å². The summed E-state index contributed by atoms with van der Waals surface area (Å²) in [5.74, 6) is 2.49. The third-order valence-electron chi connectivity index (χ3n) is 1.59. The predicted molar refractivity (Wildman–Crippen MR) is 58.4 cm³/mol. The van der Waals surface area contributed by atoms with Crippen molar-refractivity contribution in [2.75, 3.05) is 31.1 Å². The Morgan fingerprint density at radius 1 is 1.00 bits per heavy atom. The average Bonchev–Trinajstić information content (AvgIpc) is 2.05. The molecule has 1 nitrogen and oxygen atoms in total. The van der Waals surface area contributed by atoms with E-state index in [-0.39, 0.29) is 0 Å². The van der Waals surface area contributed by atoms with Crippen molar-refractivity contribution >= 4 is 21.6 Å². The van der Waals surface area contributed by atoms with E-state index in [9.17, 15) is 0 Å². The van der Waals surface area contributed by atoms with E-state index in [1.165, 1.54) is 31.1 Å². The molecule has 0 amide bonds. The molecule has 11 heavy (non-hydrogen) atoms. The summed E-state index contributed by atoms with van der Waals surface area (Å²) in [5.41, 5.74) is 0. The van der Waals surface area contributed by atoms with Crippen molar-refractivity contribution in [3.8, 4) is 0 Å². The van der Waals surface area contributed by atoms with Gasteiger partial charge in [-0.3, -0.25) is 0 Å². The topological polar surface area (TPSA) is 3.24 Å². The molecule has 0 aromatic heterocycles. The molecule has 0 unspecified atom stereocenters. The zero-order valence-electron chi connectivity index (χ0n) is 7.80. The summed E-state index contributed by atoms with van der Waals surface area (Å²) in [6.45, 7) is 10.3. The molecule has 0 fully saturated rings. The van der Waals surface area contributed by atoms with Crippen LogP contribution in [0.2, 0.25) is 0 Å². The second kappa shape index (κ2) is 8.75. The number of rotatable bonds is 7. The van der Waals surface area contributed by atoms with Gasteiger partial charge in [-0.1, -0.05) is 42.4 Å². The van der Waals surface area contributed by atoms with Gasteiger partial charge < -0.3 is 4.90 Å². The van der Waals surface area contributed by atoms with E-state index in [0.717, 1.165) is 0 Å². The molecule has 0 aliphatic carbocycles. The Balaban J connectivity index is 3.07. The Bertz CT molecular complexity index is 74.5. The molecule has 3 heteroatoms. The van der Waals surface area contributed by atoms with Crippen LogP contribution in [0.4, 0.5) is 0 Å². The fourth-order valence-corrected chi connectivity index (χ4v) is 2.54. The highest BCUT2D eigenvalue weighted by molar-refractivity contribution is 8.76. The van der Waals surface area contributed by atoms with E-state index in [1.54, 1.807) is 0 Å². The molecule has 0 spiro atoms. The summed E-state index contributed by atoms with van der Waals surface area (Å²) >= 11 is 0. The average molecular weight is 193 g/mol. The van der Waals surface area contributed by atoms with Crippen molar-refractivity contribution in [3.05, 3.63) is 0 Å². The van der Waals surface area contributed by atoms with Gasteiger partial charge in [0, 0.05) is 18.1 Å². The fourth-order valence-electron chi connectivity index (χ4n) is 0.848. The van der Waals surface area contributed by atoms with Crippen molar-refractivity contribution in [3.63, 3.8) is 0 Å². The highest BCUT2D eigenvalue weighted by atomic mass is 33.1. The quantitative estimate of drug-likeness (QED) is 0.452. The molecule has 0 saturated carbocycles. The van der Waals surface area contributed by atoms with E-state index in [4.69, 9.17) is 0 Å². The Hall–Kier alpha value is 0.660. The van der Waals surface area contributed by atoms with Crippen LogP contribution in [-0.2, 0) is 0 Å². The van der Waals surface area contributed by atoms with Crippen molar-refractivity contribution in [1.29, 1.82) is 0 Å². The van der Waals surface area contributed by atoms with Crippen LogP contribution in [0.3, 0.4) is 0 Å². The summed E-state index contributed by atoms with van der Waals surface area (Å²) in [6, 6.07) is 0. The lowest BCUT2D eigenvalue weighted by atomic mass is 10.5. The second-order valence-electron chi connectivity index (χ2n) is 2.26. The largest absolute Gasteiger partial charge is 0.303 e. The third-order valence-corrected chi connectivity index (χ3v) is 4.05. The van der Waals surface area contributed by atoms with Crippen LogP contribution in [0.15, 0.2) is 0 Å². The van der Waals surface area contributed by atoms with Gasteiger partial charge in [0.15, 0.2) is 0 Å². The molecule has 0 N–H and O–H groups in total. The SMILES string of the molecule is CCSSCCN(CC)CC. The first-order chi connectivity index (χ1) is 5.35. The van der Waals surface area contributed by atoms with Crippen LogP contribution in [-0.4, -0.2) is 36.0 Å². The van der Waals surface area contributed by atoms with Crippen molar-refractivity contribution in [1.82, 2.24) is 4.90 Å². The third kappa shape index (κ3) is 7.04. The van der Waals surface area contributed by atoms with Gasteiger partial charge in [-0.2, -0.15) is 0 Å². The molecule has 0 aromatic carbocycles. The Morgan fingerprint density at radius 3 is 2.09 bits per heavy atom. The van der Waals surface area contributed by atoms with Crippen LogP contribution < -0.4 is 0 Å². The zero-order chi connectivity index (χ0) is 8.53. The van der Waals surface area contributed by atoms with E-state index in [0.29, 0.717) is 0 Å². The zero-order valence-corrected chi connectivity index (χ0v) is 9.43. The van der Waals surface area contributed by atoms with Gasteiger partial charge in [-0.25, -0.2) is 0 Å². The molecule has 0 radical (unpaired) electrons. The predicted octanol–water partition coefficient (Wildman–Crippen LogP) is 2.73. The van der Waals surface area contributed by atoms with E-state index >= 15 is 0 Å². The molecule has 0 heterocycles. The first kappa shape index (κ1) is 11.7. The highest BCUT2D eigenvalue weighted by Gasteiger charge is 1.97. The van der Waals surface area contributed by atoms with Gasteiger partial charge in [-0.05, 0) is 13.1 Å². The molecule has 0 atom stereocenters. The Kier molecular flexibility index (Phi) is 9.28. The molecular formula is C8H19NS2. The monoisotopic (exact) mass is 193 g/mol. The van der Waals surface area contributed by atoms with E-state index < -0.39 is 0 Å². The van der Waals surface area contributed by atoms with E-state index in [2.05, 4.69) is 25.7 Å². The van der Waals surface area contributed by atoms with Crippen LogP contribution in [0.25, 0.3) is 0 Å². The second-order valence-corrected chi connectivity index (χ2v) is 5.13.